The lowest BCUT2D eigenvalue weighted by Crippen LogP contribution is -2.09. The first-order valence-corrected chi connectivity index (χ1v) is 4.35. The molecule has 2 rings (SSSR count). The summed E-state index contributed by atoms with van der Waals surface area (Å²) in [4.78, 5) is 8.00. The molecule has 1 atom stereocenters. The minimum atomic E-state index is -0.633. The smallest absolute Gasteiger partial charge is 0.250 e. The maximum atomic E-state index is 9.70. The zero-order valence-corrected chi connectivity index (χ0v) is 7.54. The van der Waals surface area contributed by atoms with E-state index >= 15 is 0 Å². The van der Waals surface area contributed by atoms with Crippen molar-refractivity contribution in [2.45, 2.75) is 12.5 Å². The van der Waals surface area contributed by atoms with Crippen molar-refractivity contribution in [2.24, 2.45) is 5.73 Å². The molecule has 2 aromatic heterocycles. The van der Waals surface area contributed by atoms with Gasteiger partial charge >= 0.3 is 0 Å². The lowest BCUT2D eigenvalue weighted by atomic mass is 10.2. The molecule has 2 heterocycles. The minimum Gasteiger partial charge on any atom is -0.387 e. The zero-order chi connectivity index (χ0) is 9.97. The van der Waals surface area contributed by atoms with Gasteiger partial charge in [-0.3, -0.25) is 0 Å². The molecule has 6 heteroatoms. The molecule has 0 radical (unpaired) electrons. The second kappa shape index (κ2) is 3.69. The van der Waals surface area contributed by atoms with Crippen molar-refractivity contribution in [3.63, 3.8) is 0 Å². The molecule has 0 saturated heterocycles. The minimum absolute atomic E-state index is 0.425. The largest absolute Gasteiger partial charge is 0.387 e. The van der Waals surface area contributed by atoms with Crippen LogP contribution in [0.1, 0.15) is 18.2 Å². The first kappa shape index (κ1) is 9.04. The van der Waals surface area contributed by atoms with Crippen LogP contribution >= 0.6 is 0 Å². The van der Waals surface area contributed by atoms with E-state index in [1.54, 1.807) is 18.6 Å². The van der Waals surface area contributed by atoms with E-state index in [0.29, 0.717) is 24.4 Å². The third-order valence-electron chi connectivity index (χ3n) is 1.97. The Labute approximate surface area is 80.4 Å². The third kappa shape index (κ3) is 1.45. The Morgan fingerprint density at radius 1 is 1.43 bits per heavy atom. The Kier molecular flexibility index (Phi) is 2.38. The summed E-state index contributed by atoms with van der Waals surface area (Å²) in [6.45, 7) is 0.425. The number of imidazole rings is 1. The molecule has 74 valence electrons. The van der Waals surface area contributed by atoms with E-state index < -0.39 is 6.10 Å². The predicted molar refractivity (Wildman–Crippen MR) is 49.4 cm³/mol. The van der Waals surface area contributed by atoms with Gasteiger partial charge in [0.25, 0.3) is 5.78 Å². The van der Waals surface area contributed by atoms with E-state index in [-0.39, 0.29) is 0 Å². The number of aromatic nitrogens is 4. The Morgan fingerprint density at radius 2 is 2.29 bits per heavy atom. The summed E-state index contributed by atoms with van der Waals surface area (Å²) in [5.74, 6) is 0.485. The van der Waals surface area contributed by atoms with Crippen LogP contribution in [0.4, 0.5) is 0 Å². The first-order chi connectivity index (χ1) is 6.83. The van der Waals surface area contributed by atoms with Crippen LogP contribution in [0, 0.1) is 0 Å². The number of rotatable bonds is 3. The average molecular weight is 193 g/mol. The van der Waals surface area contributed by atoms with Crippen LogP contribution in [0.2, 0.25) is 0 Å². The van der Waals surface area contributed by atoms with E-state index in [1.165, 1.54) is 4.52 Å². The summed E-state index contributed by atoms with van der Waals surface area (Å²) < 4.78 is 1.51. The van der Waals surface area contributed by atoms with Crippen LogP contribution in [-0.4, -0.2) is 31.2 Å². The summed E-state index contributed by atoms with van der Waals surface area (Å²) in [6, 6.07) is 0. The highest BCUT2D eigenvalue weighted by Gasteiger charge is 2.12. The summed E-state index contributed by atoms with van der Waals surface area (Å²) >= 11 is 0. The van der Waals surface area contributed by atoms with Crippen molar-refractivity contribution in [1.29, 1.82) is 0 Å². The maximum absolute atomic E-state index is 9.70. The standard InChI is InChI=1S/C8H11N5O/c9-2-1-7(14)6-5-11-8-10-3-4-12-13(6)8/h3-5,7,14H,1-2,9H2. The molecular formula is C8H11N5O. The van der Waals surface area contributed by atoms with Gasteiger partial charge in [0, 0.05) is 0 Å². The molecule has 14 heavy (non-hydrogen) atoms. The first-order valence-electron chi connectivity index (χ1n) is 4.35. The maximum Gasteiger partial charge on any atom is 0.250 e. The molecule has 0 fully saturated rings. The monoisotopic (exact) mass is 193 g/mol. The highest BCUT2D eigenvalue weighted by atomic mass is 16.3. The second-order valence-corrected chi connectivity index (χ2v) is 2.93. The zero-order valence-electron chi connectivity index (χ0n) is 7.54. The predicted octanol–water partition coefficient (Wildman–Crippen LogP) is -0.493. The number of fused-ring (bicyclic) bond motifs is 1. The van der Waals surface area contributed by atoms with Gasteiger partial charge in [0.05, 0.1) is 30.4 Å². The van der Waals surface area contributed by atoms with E-state index in [2.05, 4.69) is 15.1 Å². The topological polar surface area (TPSA) is 89.3 Å². The Morgan fingerprint density at radius 3 is 3.07 bits per heavy atom. The molecule has 0 bridgehead atoms. The molecule has 0 aliphatic carbocycles. The molecule has 0 aliphatic heterocycles. The van der Waals surface area contributed by atoms with E-state index in [9.17, 15) is 5.11 Å². The van der Waals surface area contributed by atoms with Crippen molar-refractivity contribution in [3.05, 3.63) is 24.3 Å². The molecule has 0 saturated carbocycles. The SMILES string of the molecule is NCCC(O)c1cnc2nccnn12. The number of aliphatic hydroxyl groups is 1. The van der Waals surface area contributed by atoms with Crippen LogP contribution < -0.4 is 5.73 Å². The Balaban J connectivity index is 2.42. The normalized spacial score (nSPS) is 13.3. The molecule has 0 aromatic carbocycles. The third-order valence-corrected chi connectivity index (χ3v) is 1.97. The summed E-state index contributed by atoms with van der Waals surface area (Å²) in [7, 11) is 0. The van der Waals surface area contributed by atoms with Gasteiger partial charge in [-0.1, -0.05) is 0 Å². The van der Waals surface area contributed by atoms with E-state index in [0.717, 1.165) is 0 Å². The molecule has 0 aliphatic rings. The highest BCUT2D eigenvalue weighted by Crippen LogP contribution is 2.14. The van der Waals surface area contributed by atoms with Gasteiger partial charge in [-0.15, -0.1) is 0 Å². The number of nitrogens with zero attached hydrogens (tertiary/aromatic N) is 4. The van der Waals surface area contributed by atoms with Crippen LogP contribution in [0.5, 0.6) is 0 Å². The quantitative estimate of drug-likeness (QED) is 0.686. The Bertz CT molecular complexity index is 426. The molecular weight excluding hydrogens is 182 g/mol. The van der Waals surface area contributed by atoms with Crippen LogP contribution in [0.15, 0.2) is 18.6 Å². The lowest BCUT2D eigenvalue weighted by molar-refractivity contribution is 0.163. The Hall–Kier alpha value is -1.53. The van der Waals surface area contributed by atoms with Crippen molar-refractivity contribution >= 4 is 5.78 Å². The summed E-state index contributed by atoms with van der Waals surface area (Å²) in [5.41, 5.74) is 5.98. The van der Waals surface area contributed by atoms with Gasteiger partial charge in [0.1, 0.15) is 0 Å². The fraction of sp³-hybridized carbons (Fsp3) is 0.375. The molecule has 3 N–H and O–H groups in total. The van der Waals surface area contributed by atoms with Crippen LogP contribution in [-0.2, 0) is 0 Å². The number of nitrogens with two attached hydrogens (primary N) is 1. The molecule has 2 aromatic rings. The van der Waals surface area contributed by atoms with Gasteiger partial charge in [-0.2, -0.15) is 9.61 Å². The van der Waals surface area contributed by atoms with Crippen molar-refractivity contribution in [3.8, 4) is 0 Å². The fourth-order valence-electron chi connectivity index (χ4n) is 1.28. The summed E-state index contributed by atoms with van der Waals surface area (Å²) in [6.07, 6.45) is 4.53. The molecule has 6 nitrogen and oxygen atoms in total. The number of hydrogen-bond acceptors (Lipinski definition) is 5. The summed E-state index contributed by atoms with van der Waals surface area (Å²) in [5, 5.41) is 13.7. The number of aliphatic hydroxyl groups excluding tert-OH is 1. The van der Waals surface area contributed by atoms with Gasteiger partial charge in [0.2, 0.25) is 0 Å². The van der Waals surface area contributed by atoms with E-state index in [4.69, 9.17) is 5.73 Å². The average Bonchev–Trinajstić information content (AvgIpc) is 2.61. The second-order valence-electron chi connectivity index (χ2n) is 2.93. The van der Waals surface area contributed by atoms with Crippen LogP contribution in [0.3, 0.4) is 0 Å². The van der Waals surface area contributed by atoms with Gasteiger partial charge in [-0.25, -0.2) is 9.97 Å². The van der Waals surface area contributed by atoms with Gasteiger partial charge < -0.3 is 10.8 Å². The highest BCUT2D eigenvalue weighted by molar-refractivity contribution is 5.28. The van der Waals surface area contributed by atoms with E-state index in [1.807, 2.05) is 0 Å². The fourth-order valence-corrected chi connectivity index (χ4v) is 1.28. The number of hydrogen-bond donors (Lipinski definition) is 2. The molecule has 0 amide bonds. The molecule has 0 spiro atoms. The van der Waals surface area contributed by atoms with Crippen molar-refractivity contribution < 1.29 is 5.11 Å². The van der Waals surface area contributed by atoms with Crippen molar-refractivity contribution in [1.82, 2.24) is 19.6 Å². The van der Waals surface area contributed by atoms with Gasteiger partial charge in [0.15, 0.2) is 0 Å². The molecule has 1 unspecified atom stereocenters. The van der Waals surface area contributed by atoms with Gasteiger partial charge in [-0.05, 0) is 13.0 Å². The lowest BCUT2D eigenvalue weighted by Gasteiger charge is -2.06. The van der Waals surface area contributed by atoms with Crippen LogP contribution in [0.25, 0.3) is 5.78 Å². The van der Waals surface area contributed by atoms with Crippen molar-refractivity contribution in [2.75, 3.05) is 6.54 Å².